The van der Waals surface area contributed by atoms with Gasteiger partial charge in [-0.15, -0.1) is 0 Å². The minimum Gasteiger partial charge on any atom is -0.396 e. The predicted molar refractivity (Wildman–Crippen MR) is 66.1 cm³/mol. The van der Waals surface area contributed by atoms with E-state index in [1.165, 1.54) is 0 Å². The molecule has 0 aromatic carbocycles. The molecule has 84 valence electrons. The molecule has 15 heavy (non-hydrogen) atoms. The number of anilines is 1. The second-order valence-electron chi connectivity index (χ2n) is 3.73. The average Bonchev–Trinajstić information content (AvgIpc) is 2.18. The van der Waals surface area contributed by atoms with Gasteiger partial charge in [0.2, 0.25) is 0 Å². The van der Waals surface area contributed by atoms with Crippen LogP contribution in [0.3, 0.4) is 0 Å². The quantitative estimate of drug-likeness (QED) is 0.895. The van der Waals surface area contributed by atoms with Crippen molar-refractivity contribution in [2.24, 2.45) is 0 Å². The van der Waals surface area contributed by atoms with Crippen molar-refractivity contribution in [2.75, 3.05) is 18.1 Å². The lowest BCUT2D eigenvalue weighted by atomic mass is 10.2. The molecule has 0 aliphatic carbocycles. The molecule has 1 rings (SSSR count). The lowest BCUT2D eigenvalue weighted by Gasteiger charge is -2.28. The van der Waals surface area contributed by atoms with Gasteiger partial charge in [-0.05, 0) is 42.3 Å². The SMILES string of the molecule is CC(C)N(CCCO)c1cncc(Br)c1. The fourth-order valence-corrected chi connectivity index (χ4v) is 1.84. The Bertz CT molecular complexity index is 304. The van der Waals surface area contributed by atoms with E-state index in [2.05, 4.69) is 39.7 Å². The summed E-state index contributed by atoms with van der Waals surface area (Å²) >= 11 is 3.41. The first-order chi connectivity index (χ1) is 7.15. The van der Waals surface area contributed by atoms with Crippen molar-refractivity contribution in [2.45, 2.75) is 26.3 Å². The molecule has 0 bridgehead atoms. The first kappa shape index (κ1) is 12.5. The van der Waals surface area contributed by atoms with Crippen molar-refractivity contribution in [3.05, 3.63) is 22.9 Å². The van der Waals surface area contributed by atoms with Crippen LogP contribution in [0.15, 0.2) is 22.9 Å². The number of halogens is 1. The van der Waals surface area contributed by atoms with E-state index in [0.29, 0.717) is 6.04 Å². The van der Waals surface area contributed by atoms with E-state index in [1.807, 2.05) is 12.3 Å². The van der Waals surface area contributed by atoms with E-state index < -0.39 is 0 Å². The van der Waals surface area contributed by atoms with E-state index in [0.717, 1.165) is 23.1 Å². The normalized spacial score (nSPS) is 10.7. The maximum absolute atomic E-state index is 8.85. The average molecular weight is 273 g/mol. The van der Waals surface area contributed by atoms with Gasteiger partial charge in [0.05, 0.1) is 11.9 Å². The highest BCUT2D eigenvalue weighted by molar-refractivity contribution is 9.10. The first-order valence-electron chi connectivity index (χ1n) is 5.13. The van der Waals surface area contributed by atoms with E-state index in [9.17, 15) is 0 Å². The molecule has 4 heteroatoms. The topological polar surface area (TPSA) is 36.4 Å². The van der Waals surface area contributed by atoms with Crippen LogP contribution in [0.2, 0.25) is 0 Å². The zero-order chi connectivity index (χ0) is 11.3. The summed E-state index contributed by atoms with van der Waals surface area (Å²) in [4.78, 5) is 6.37. The fourth-order valence-electron chi connectivity index (χ4n) is 1.48. The maximum atomic E-state index is 8.85. The number of aromatic nitrogens is 1. The third kappa shape index (κ3) is 3.80. The molecule has 1 N–H and O–H groups in total. The third-order valence-electron chi connectivity index (χ3n) is 2.20. The van der Waals surface area contributed by atoms with Gasteiger partial charge in [-0.1, -0.05) is 0 Å². The molecule has 0 amide bonds. The highest BCUT2D eigenvalue weighted by atomic mass is 79.9. The minimum atomic E-state index is 0.227. The maximum Gasteiger partial charge on any atom is 0.0566 e. The van der Waals surface area contributed by atoms with Gasteiger partial charge in [0, 0.05) is 29.9 Å². The number of nitrogens with zero attached hydrogens (tertiary/aromatic N) is 2. The van der Waals surface area contributed by atoms with Gasteiger partial charge in [-0.3, -0.25) is 4.98 Å². The number of hydrogen-bond acceptors (Lipinski definition) is 3. The van der Waals surface area contributed by atoms with E-state index >= 15 is 0 Å². The van der Waals surface area contributed by atoms with Crippen molar-refractivity contribution in [3.63, 3.8) is 0 Å². The summed E-state index contributed by atoms with van der Waals surface area (Å²) in [5.74, 6) is 0. The van der Waals surface area contributed by atoms with Crippen LogP contribution in [0.5, 0.6) is 0 Å². The van der Waals surface area contributed by atoms with E-state index in [-0.39, 0.29) is 6.61 Å². The van der Waals surface area contributed by atoms with Crippen LogP contribution in [-0.2, 0) is 0 Å². The third-order valence-corrected chi connectivity index (χ3v) is 2.64. The predicted octanol–water partition coefficient (Wildman–Crippen LogP) is 2.44. The number of pyridine rings is 1. The van der Waals surface area contributed by atoms with Crippen LogP contribution < -0.4 is 4.90 Å². The summed E-state index contributed by atoms with van der Waals surface area (Å²) in [6, 6.07) is 2.46. The molecular weight excluding hydrogens is 256 g/mol. The summed E-state index contributed by atoms with van der Waals surface area (Å²) in [6.45, 7) is 5.35. The van der Waals surface area contributed by atoms with Gasteiger partial charge in [0.1, 0.15) is 0 Å². The fraction of sp³-hybridized carbons (Fsp3) is 0.545. The van der Waals surface area contributed by atoms with Crippen LogP contribution in [0.1, 0.15) is 20.3 Å². The minimum absolute atomic E-state index is 0.227. The molecule has 1 aromatic rings. The Kier molecular flexibility index (Phi) is 5.05. The van der Waals surface area contributed by atoms with Crippen molar-refractivity contribution in [1.82, 2.24) is 4.98 Å². The standard InChI is InChI=1S/C11H17BrN2O/c1-9(2)14(4-3-5-15)11-6-10(12)7-13-8-11/h6-9,15H,3-5H2,1-2H3. The molecule has 0 radical (unpaired) electrons. The Morgan fingerprint density at radius 3 is 2.73 bits per heavy atom. The highest BCUT2D eigenvalue weighted by Gasteiger charge is 2.10. The molecule has 1 heterocycles. The molecule has 0 aliphatic rings. The van der Waals surface area contributed by atoms with Crippen molar-refractivity contribution in [3.8, 4) is 0 Å². The molecular formula is C11H17BrN2O. The molecule has 1 aromatic heterocycles. The lowest BCUT2D eigenvalue weighted by Crippen LogP contribution is -2.32. The van der Waals surface area contributed by atoms with Gasteiger partial charge in [0.15, 0.2) is 0 Å². The Hall–Kier alpha value is -0.610. The molecule has 0 spiro atoms. The van der Waals surface area contributed by atoms with Crippen LogP contribution in [0.25, 0.3) is 0 Å². The summed E-state index contributed by atoms with van der Waals surface area (Å²) in [5, 5.41) is 8.85. The van der Waals surface area contributed by atoms with Crippen LogP contribution in [0, 0.1) is 0 Å². The number of aliphatic hydroxyl groups is 1. The number of rotatable bonds is 5. The van der Waals surface area contributed by atoms with Crippen LogP contribution >= 0.6 is 15.9 Å². The van der Waals surface area contributed by atoms with Gasteiger partial charge >= 0.3 is 0 Å². The Morgan fingerprint density at radius 2 is 2.20 bits per heavy atom. The van der Waals surface area contributed by atoms with Gasteiger partial charge in [0.25, 0.3) is 0 Å². The van der Waals surface area contributed by atoms with Crippen LogP contribution in [0.4, 0.5) is 5.69 Å². The van der Waals surface area contributed by atoms with E-state index in [4.69, 9.17) is 5.11 Å². The summed E-state index contributed by atoms with van der Waals surface area (Å²) in [7, 11) is 0. The monoisotopic (exact) mass is 272 g/mol. The Morgan fingerprint density at radius 1 is 1.47 bits per heavy atom. The summed E-state index contributed by atoms with van der Waals surface area (Å²) in [5.41, 5.74) is 1.09. The second kappa shape index (κ2) is 6.08. The number of aliphatic hydroxyl groups excluding tert-OH is 1. The lowest BCUT2D eigenvalue weighted by molar-refractivity contribution is 0.288. The van der Waals surface area contributed by atoms with Crippen LogP contribution in [-0.4, -0.2) is 29.3 Å². The van der Waals surface area contributed by atoms with Gasteiger partial charge in [-0.25, -0.2) is 0 Å². The molecule has 0 saturated carbocycles. The van der Waals surface area contributed by atoms with Crippen molar-refractivity contribution >= 4 is 21.6 Å². The Labute approximate surface area is 99.3 Å². The zero-order valence-corrected chi connectivity index (χ0v) is 10.7. The number of hydrogen-bond donors (Lipinski definition) is 1. The molecule has 0 unspecified atom stereocenters. The zero-order valence-electron chi connectivity index (χ0n) is 9.15. The first-order valence-corrected chi connectivity index (χ1v) is 5.92. The van der Waals surface area contributed by atoms with Crippen molar-refractivity contribution < 1.29 is 5.11 Å². The molecule has 0 saturated heterocycles. The molecule has 3 nitrogen and oxygen atoms in total. The molecule has 0 atom stereocenters. The Balaban J connectivity index is 2.79. The summed E-state index contributed by atoms with van der Waals surface area (Å²) in [6.07, 6.45) is 4.40. The highest BCUT2D eigenvalue weighted by Crippen LogP contribution is 2.20. The molecule has 0 fully saturated rings. The largest absolute Gasteiger partial charge is 0.396 e. The smallest absolute Gasteiger partial charge is 0.0566 e. The van der Waals surface area contributed by atoms with Crippen molar-refractivity contribution in [1.29, 1.82) is 0 Å². The van der Waals surface area contributed by atoms with Gasteiger partial charge < -0.3 is 10.0 Å². The second-order valence-corrected chi connectivity index (χ2v) is 4.64. The van der Waals surface area contributed by atoms with E-state index in [1.54, 1.807) is 6.20 Å². The summed E-state index contributed by atoms with van der Waals surface area (Å²) < 4.78 is 0.981. The van der Waals surface area contributed by atoms with Gasteiger partial charge in [-0.2, -0.15) is 0 Å². The molecule has 0 aliphatic heterocycles.